The smallest absolute Gasteiger partial charge is 0.215 e. The molecule has 0 unspecified atom stereocenters. The van der Waals surface area contributed by atoms with Gasteiger partial charge in [-0.1, -0.05) is 117 Å². The zero-order chi connectivity index (χ0) is 38.3. The molecule has 0 bridgehead atoms. The molecule has 0 aliphatic rings. The lowest BCUT2D eigenvalue weighted by atomic mass is 10.1. The lowest BCUT2D eigenvalue weighted by Gasteiger charge is -2.11. The van der Waals surface area contributed by atoms with E-state index in [9.17, 15) is 29.4 Å². The molecule has 0 amide bonds. The Kier molecular flexibility index (Phi) is 11.8. The molecule has 268 valence electrons. The predicted molar refractivity (Wildman–Crippen MR) is 203 cm³/mol. The van der Waals surface area contributed by atoms with Crippen LogP contribution >= 0.6 is 92.8 Å². The summed E-state index contributed by atoms with van der Waals surface area (Å²) in [5.74, 6) is -2.26. The zero-order valence-corrected chi connectivity index (χ0v) is 32.3. The Bertz CT molecular complexity index is 2270. The average molecular weight is 864 g/mol. The van der Waals surface area contributed by atoms with E-state index in [0.29, 0.717) is 0 Å². The van der Waals surface area contributed by atoms with Crippen molar-refractivity contribution < 1.29 is 29.4 Å². The number of aromatic hydroxyl groups is 2. The van der Waals surface area contributed by atoms with Gasteiger partial charge in [-0.2, -0.15) is 0 Å². The molecule has 4 heterocycles. The number of nitrogens with zero attached hydrogens (tertiary/aromatic N) is 2. The van der Waals surface area contributed by atoms with Crippen LogP contribution < -0.4 is 0 Å². The minimum atomic E-state index is -0.581. The highest BCUT2D eigenvalue weighted by atomic mass is 35.5. The molecule has 2 aromatic carbocycles. The molecule has 6 rings (SSSR count). The monoisotopic (exact) mass is 860 g/mol. The second kappa shape index (κ2) is 15.6. The van der Waals surface area contributed by atoms with Crippen LogP contribution in [0.4, 0.5) is 0 Å². The van der Waals surface area contributed by atoms with Gasteiger partial charge in [0.15, 0.2) is 11.6 Å². The van der Waals surface area contributed by atoms with Gasteiger partial charge in [-0.15, -0.1) is 0 Å². The van der Waals surface area contributed by atoms with Gasteiger partial charge in [0, 0.05) is 13.8 Å². The van der Waals surface area contributed by atoms with Gasteiger partial charge in [-0.25, -0.2) is 0 Å². The van der Waals surface area contributed by atoms with Gasteiger partial charge in [-0.05, 0) is 36.4 Å². The topological polar surface area (TPSA) is 150 Å². The third-order valence-electron chi connectivity index (χ3n) is 7.46. The van der Waals surface area contributed by atoms with Gasteiger partial charge in [0.1, 0.15) is 53.5 Å². The summed E-state index contributed by atoms with van der Waals surface area (Å²) in [4.78, 5) is 55.2. The number of hydrogen-bond donors (Lipinski definition) is 4. The van der Waals surface area contributed by atoms with Crippen LogP contribution in [0, 0.1) is 0 Å². The molecule has 0 spiro atoms. The molecule has 18 heteroatoms. The number of phenolic OH excluding ortho intramolecular Hbond substituents is 2. The second-order valence-electron chi connectivity index (χ2n) is 10.8. The molecule has 0 aliphatic heterocycles. The lowest BCUT2D eigenvalue weighted by molar-refractivity contribution is 0.0999. The summed E-state index contributed by atoms with van der Waals surface area (Å²) >= 11 is 49.2. The number of carbonyl (C=O) groups excluding carboxylic acids is 4. The minimum Gasteiger partial charge on any atom is -0.507 e. The Morgan fingerprint density at radius 2 is 0.962 bits per heavy atom. The van der Waals surface area contributed by atoms with Gasteiger partial charge in [0.05, 0.1) is 43.9 Å². The van der Waals surface area contributed by atoms with Crippen LogP contribution in [0.3, 0.4) is 0 Å². The number of benzene rings is 2. The van der Waals surface area contributed by atoms with E-state index in [4.69, 9.17) is 92.8 Å². The third kappa shape index (κ3) is 7.22. The predicted octanol–water partition coefficient (Wildman–Crippen LogP) is 11.1. The number of nitrogens with one attached hydrogen (secondary N) is 2. The van der Waals surface area contributed by atoms with Crippen LogP contribution in [-0.4, -0.2) is 52.4 Å². The first-order valence-electron chi connectivity index (χ1n) is 14.4. The molecule has 52 heavy (non-hydrogen) atoms. The molecule has 0 atom stereocenters. The number of hydrogen-bond acceptors (Lipinski definition) is 6. The van der Waals surface area contributed by atoms with Crippen LogP contribution in [-0.2, 0) is 0 Å². The van der Waals surface area contributed by atoms with Crippen molar-refractivity contribution in [2.45, 2.75) is 13.8 Å². The van der Waals surface area contributed by atoms with Gasteiger partial charge in [0.25, 0.3) is 0 Å². The van der Waals surface area contributed by atoms with E-state index in [1.807, 2.05) is 0 Å². The molecule has 4 aromatic heterocycles. The number of phenols is 2. The van der Waals surface area contributed by atoms with E-state index in [-0.39, 0.29) is 109 Å². The van der Waals surface area contributed by atoms with E-state index in [0.717, 1.165) is 0 Å². The number of para-hydroxylation sites is 2. The summed E-state index contributed by atoms with van der Waals surface area (Å²) in [5.41, 5.74) is 0.430. The largest absolute Gasteiger partial charge is 0.507 e. The molecule has 0 fully saturated rings. The molecular formula is C34H20Cl8N4O6. The fourth-order valence-electron chi connectivity index (χ4n) is 5.09. The molecule has 0 radical (unpaired) electrons. The van der Waals surface area contributed by atoms with Crippen molar-refractivity contribution in [3.63, 3.8) is 0 Å². The van der Waals surface area contributed by atoms with Crippen LogP contribution in [0.25, 0.3) is 11.4 Å². The third-order valence-corrected chi connectivity index (χ3v) is 10.5. The van der Waals surface area contributed by atoms with Crippen molar-refractivity contribution in [3.05, 3.63) is 135 Å². The number of ketones is 4. The van der Waals surface area contributed by atoms with E-state index < -0.39 is 11.6 Å². The van der Waals surface area contributed by atoms with Crippen molar-refractivity contribution in [1.82, 2.24) is 19.1 Å². The average Bonchev–Trinajstić information content (AvgIpc) is 3.77. The quantitative estimate of drug-likeness (QED) is 0.112. The van der Waals surface area contributed by atoms with Crippen LogP contribution in [0.15, 0.2) is 60.7 Å². The summed E-state index contributed by atoms with van der Waals surface area (Å²) in [6.45, 7) is 2.64. The fraction of sp³-hybridized carbons (Fsp3) is 0.0588. The highest BCUT2D eigenvalue weighted by molar-refractivity contribution is 6.46. The maximum absolute atomic E-state index is 13.0. The number of Topliss-reactive ketones (excluding diaryl/α,β-unsaturated/α-hetero) is 2. The number of aromatic nitrogens is 4. The minimum absolute atomic E-state index is 0.000710. The number of H-pyrrole nitrogens is 2. The van der Waals surface area contributed by atoms with Gasteiger partial charge in [0.2, 0.25) is 11.6 Å². The first kappa shape index (κ1) is 39.4. The van der Waals surface area contributed by atoms with Crippen molar-refractivity contribution in [2.75, 3.05) is 0 Å². The highest BCUT2D eigenvalue weighted by Crippen LogP contribution is 2.41. The lowest BCUT2D eigenvalue weighted by Crippen LogP contribution is -2.11. The normalized spacial score (nSPS) is 11.0. The van der Waals surface area contributed by atoms with E-state index >= 15 is 0 Å². The molecule has 6 aromatic rings. The first-order chi connectivity index (χ1) is 24.5. The summed E-state index contributed by atoms with van der Waals surface area (Å²) in [6.07, 6.45) is 0. The molecule has 0 saturated heterocycles. The Hall–Kier alpha value is -3.84. The summed E-state index contributed by atoms with van der Waals surface area (Å²) in [7, 11) is 0. The number of carbonyl (C=O) groups is 4. The molecule has 0 saturated carbocycles. The highest BCUT2D eigenvalue weighted by Gasteiger charge is 2.30. The number of aromatic amines is 2. The van der Waals surface area contributed by atoms with Crippen LogP contribution in [0.5, 0.6) is 11.5 Å². The zero-order valence-electron chi connectivity index (χ0n) is 26.2. The summed E-state index contributed by atoms with van der Waals surface area (Å²) in [6, 6.07) is 14.7. The summed E-state index contributed by atoms with van der Waals surface area (Å²) < 4.78 is 2.49. The standard InChI is InChI=1S/2C17H10Cl4N2O3/c1-7(24)13-14(12(19)16(20)22-13)23-10(6-9(18)17(23)21)15(26)8-4-2-3-5-11(8)25;1-7(24)10-6-9(18)17(21)23(10)14-12(19)16(20)22-13(14)15(26)8-4-2-3-5-11(8)25/h2*2-6,22,25H,1H3. The molecule has 10 nitrogen and oxygen atoms in total. The van der Waals surface area contributed by atoms with E-state index in [1.165, 1.54) is 59.4 Å². The van der Waals surface area contributed by atoms with Crippen molar-refractivity contribution in [2.24, 2.45) is 0 Å². The molecule has 4 N–H and O–H groups in total. The van der Waals surface area contributed by atoms with E-state index in [1.54, 1.807) is 24.3 Å². The van der Waals surface area contributed by atoms with Crippen molar-refractivity contribution >= 4 is 116 Å². The Morgan fingerprint density at radius 1 is 0.558 bits per heavy atom. The fourth-order valence-corrected chi connectivity index (χ4v) is 6.75. The Morgan fingerprint density at radius 3 is 1.42 bits per heavy atom. The number of rotatable bonds is 8. The maximum atomic E-state index is 13.0. The number of halogens is 8. The van der Waals surface area contributed by atoms with Gasteiger partial charge >= 0.3 is 0 Å². The van der Waals surface area contributed by atoms with Crippen molar-refractivity contribution in [1.29, 1.82) is 0 Å². The first-order valence-corrected chi connectivity index (χ1v) is 17.5. The van der Waals surface area contributed by atoms with E-state index in [2.05, 4.69) is 9.97 Å². The summed E-state index contributed by atoms with van der Waals surface area (Å²) in [5, 5.41) is 20.1. The second-order valence-corrected chi connectivity index (χ2v) is 13.8. The Labute approximate surface area is 334 Å². The molecule has 0 aliphatic carbocycles. The van der Waals surface area contributed by atoms with Crippen LogP contribution in [0.2, 0.25) is 40.7 Å². The Balaban J connectivity index is 0.000000201. The maximum Gasteiger partial charge on any atom is 0.215 e. The van der Waals surface area contributed by atoms with Crippen LogP contribution in [0.1, 0.15) is 66.9 Å². The van der Waals surface area contributed by atoms with Gasteiger partial charge < -0.3 is 20.2 Å². The van der Waals surface area contributed by atoms with Gasteiger partial charge in [-0.3, -0.25) is 28.3 Å². The molecular weight excluding hydrogens is 844 g/mol. The van der Waals surface area contributed by atoms with Crippen molar-refractivity contribution in [3.8, 4) is 22.9 Å². The SMILES string of the molecule is CC(=O)c1[nH]c(Cl)c(Cl)c1-n1c(C(=O)c2ccccc2O)cc(Cl)c1Cl.CC(=O)c1cc(Cl)c(Cl)n1-c1c(C(=O)c2ccccc2O)[nH]c(Cl)c1Cl.